The molecule has 0 unspecified atom stereocenters. The van der Waals surface area contributed by atoms with E-state index in [9.17, 15) is 0 Å². The lowest BCUT2D eigenvalue weighted by Crippen LogP contribution is -2.15. The van der Waals surface area contributed by atoms with Gasteiger partial charge < -0.3 is 5.32 Å². The maximum Gasteiger partial charge on any atom is 0.143 e. The summed E-state index contributed by atoms with van der Waals surface area (Å²) in [4.78, 5) is 1.72. The lowest BCUT2D eigenvalue weighted by Gasteiger charge is -1.98. The van der Waals surface area contributed by atoms with Crippen LogP contribution in [0, 0.1) is 0 Å². The zero-order valence-electron chi connectivity index (χ0n) is 11.7. The molecule has 1 nitrogen and oxygen atoms in total. The molecule has 22 heavy (non-hydrogen) atoms. The Labute approximate surface area is 145 Å². The summed E-state index contributed by atoms with van der Waals surface area (Å²) in [7, 11) is 0. The lowest BCUT2D eigenvalue weighted by atomic mass is 10.1. The number of hydrogen-bond acceptors (Lipinski definition) is 3. The summed E-state index contributed by atoms with van der Waals surface area (Å²) in [6, 6.07) is 18.6. The number of thioether (sulfide) groups is 1. The predicted octanol–water partition coefficient (Wildman–Crippen LogP) is 5.15. The molecule has 0 amide bonds. The largest absolute Gasteiger partial charge is 0.331 e. The maximum atomic E-state index is 5.24. The fourth-order valence-corrected chi connectivity index (χ4v) is 3.51. The first-order chi connectivity index (χ1) is 10.7. The molecule has 0 bridgehead atoms. The molecule has 1 heterocycles. The minimum absolute atomic E-state index is 0.711. The SMILES string of the molecule is S=C1NC(=S)C(=Cc2ccc(C=Cc3ccccc3)cc2)S1. The highest BCUT2D eigenvalue weighted by molar-refractivity contribution is 8.27. The summed E-state index contributed by atoms with van der Waals surface area (Å²) in [5.74, 6) is 0. The van der Waals surface area contributed by atoms with Gasteiger partial charge in [0.25, 0.3) is 0 Å². The molecule has 1 fully saturated rings. The van der Waals surface area contributed by atoms with Crippen LogP contribution in [0.3, 0.4) is 0 Å². The van der Waals surface area contributed by atoms with Gasteiger partial charge in [-0.15, -0.1) is 0 Å². The summed E-state index contributed by atoms with van der Waals surface area (Å²) in [5, 5.41) is 2.98. The molecule has 108 valence electrons. The third-order valence-corrected chi connectivity index (χ3v) is 4.78. The molecule has 1 aliphatic rings. The van der Waals surface area contributed by atoms with Gasteiger partial charge in [0, 0.05) is 4.91 Å². The Hall–Kier alpha value is -1.75. The Morgan fingerprint density at radius 2 is 1.36 bits per heavy atom. The van der Waals surface area contributed by atoms with Gasteiger partial charge in [-0.1, -0.05) is 103 Å². The molecule has 3 rings (SSSR count). The molecule has 1 saturated heterocycles. The minimum Gasteiger partial charge on any atom is -0.331 e. The molecule has 1 aliphatic heterocycles. The van der Waals surface area contributed by atoms with E-state index in [1.54, 1.807) is 0 Å². The van der Waals surface area contributed by atoms with Gasteiger partial charge in [0.2, 0.25) is 0 Å². The van der Waals surface area contributed by atoms with Crippen LogP contribution in [0.5, 0.6) is 0 Å². The maximum absolute atomic E-state index is 5.24. The zero-order chi connectivity index (χ0) is 15.4. The number of nitrogens with one attached hydrogen (secondary N) is 1. The Morgan fingerprint density at radius 3 is 1.95 bits per heavy atom. The Bertz CT molecular complexity index is 759. The molecule has 2 aromatic rings. The topological polar surface area (TPSA) is 12.0 Å². The van der Waals surface area contributed by atoms with Crippen molar-refractivity contribution in [3.63, 3.8) is 0 Å². The summed E-state index contributed by atoms with van der Waals surface area (Å²) >= 11 is 11.9. The summed E-state index contributed by atoms with van der Waals surface area (Å²) in [6.07, 6.45) is 6.28. The van der Waals surface area contributed by atoms with Crippen LogP contribution in [-0.4, -0.2) is 9.31 Å². The summed E-state index contributed by atoms with van der Waals surface area (Å²) < 4.78 is 0.721. The number of thiocarbonyl (C=S) groups is 2. The third kappa shape index (κ3) is 3.91. The average molecular weight is 340 g/mol. The smallest absolute Gasteiger partial charge is 0.143 e. The highest BCUT2D eigenvalue weighted by atomic mass is 32.2. The van der Waals surface area contributed by atoms with Gasteiger partial charge >= 0.3 is 0 Å². The van der Waals surface area contributed by atoms with Crippen molar-refractivity contribution in [3.8, 4) is 0 Å². The summed E-state index contributed by atoms with van der Waals surface area (Å²) in [6.45, 7) is 0. The van der Waals surface area contributed by atoms with Gasteiger partial charge in [0.1, 0.15) is 9.31 Å². The zero-order valence-corrected chi connectivity index (χ0v) is 14.1. The molecule has 4 heteroatoms. The second-order valence-corrected chi connectivity index (χ2v) is 6.89. The highest BCUT2D eigenvalue weighted by Gasteiger charge is 2.17. The van der Waals surface area contributed by atoms with Crippen LogP contribution >= 0.6 is 36.2 Å². The minimum atomic E-state index is 0.711. The molecule has 0 aromatic heterocycles. The van der Waals surface area contributed by atoms with Crippen molar-refractivity contribution in [2.24, 2.45) is 0 Å². The van der Waals surface area contributed by atoms with Crippen molar-refractivity contribution in [1.29, 1.82) is 0 Å². The van der Waals surface area contributed by atoms with E-state index in [2.05, 4.69) is 59.9 Å². The Balaban J connectivity index is 1.73. The molecule has 0 saturated carbocycles. The first-order valence-electron chi connectivity index (χ1n) is 6.79. The second-order valence-electron chi connectivity index (χ2n) is 4.76. The van der Waals surface area contributed by atoms with E-state index < -0.39 is 0 Å². The van der Waals surface area contributed by atoms with Crippen molar-refractivity contribution < 1.29 is 0 Å². The van der Waals surface area contributed by atoms with Gasteiger partial charge in [-0.2, -0.15) is 0 Å². The Morgan fingerprint density at radius 1 is 0.773 bits per heavy atom. The van der Waals surface area contributed by atoms with E-state index in [0.29, 0.717) is 4.99 Å². The van der Waals surface area contributed by atoms with Crippen LogP contribution in [0.2, 0.25) is 0 Å². The van der Waals surface area contributed by atoms with E-state index >= 15 is 0 Å². The van der Waals surface area contributed by atoms with Gasteiger partial charge in [0.15, 0.2) is 0 Å². The van der Waals surface area contributed by atoms with Crippen molar-refractivity contribution in [3.05, 3.63) is 76.2 Å². The number of rotatable bonds is 3. The molecule has 0 atom stereocenters. The van der Waals surface area contributed by atoms with Crippen molar-refractivity contribution in [2.45, 2.75) is 0 Å². The van der Waals surface area contributed by atoms with Crippen LogP contribution < -0.4 is 5.32 Å². The van der Waals surface area contributed by atoms with Gasteiger partial charge in [0.05, 0.1) is 0 Å². The predicted molar refractivity (Wildman–Crippen MR) is 106 cm³/mol. The van der Waals surface area contributed by atoms with Gasteiger partial charge in [-0.05, 0) is 22.8 Å². The van der Waals surface area contributed by atoms with Crippen LogP contribution in [0.4, 0.5) is 0 Å². The fourth-order valence-electron chi connectivity index (χ4n) is 2.03. The lowest BCUT2D eigenvalue weighted by molar-refractivity contribution is 1.52. The van der Waals surface area contributed by atoms with E-state index in [1.807, 2.05) is 18.2 Å². The molecular formula is C18H13NS3. The van der Waals surface area contributed by atoms with E-state index in [1.165, 1.54) is 22.9 Å². The first-order valence-corrected chi connectivity index (χ1v) is 8.42. The molecule has 2 aromatic carbocycles. The van der Waals surface area contributed by atoms with Crippen LogP contribution in [0.25, 0.3) is 18.2 Å². The van der Waals surface area contributed by atoms with Crippen LogP contribution in [0.1, 0.15) is 16.7 Å². The fraction of sp³-hybridized carbons (Fsp3) is 0. The number of benzene rings is 2. The molecule has 0 spiro atoms. The molecule has 0 radical (unpaired) electrons. The van der Waals surface area contributed by atoms with E-state index in [-0.39, 0.29) is 0 Å². The van der Waals surface area contributed by atoms with Crippen LogP contribution in [-0.2, 0) is 0 Å². The third-order valence-electron chi connectivity index (χ3n) is 3.14. The van der Waals surface area contributed by atoms with E-state index in [4.69, 9.17) is 24.4 Å². The Kier molecular flexibility index (Phi) is 4.83. The van der Waals surface area contributed by atoms with Crippen LogP contribution in [0.15, 0.2) is 59.5 Å². The average Bonchev–Trinajstić information content (AvgIpc) is 2.85. The molecular weight excluding hydrogens is 326 g/mol. The monoisotopic (exact) mass is 339 g/mol. The van der Waals surface area contributed by atoms with Crippen molar-refractivity contribution in [2.75, 3.05) is 0 Å². The van der Waals surface area contributed by atoms with Crippen molar-refractivity contribution >= 4 is 63.7 Å². The normalized spacial score (nSPS) is 16.5. The molecule has 0 aliphatic carbocycles. The first kappa shape index (κ1) is 15.2. The van der Waals surface area contributed by atoms with Crippen molar-refractivity contribution in [1.82, 2.24) is 5.32 Å². The molecule has 1 N–H and O–H groups in total. The quantitative estimate of drug-likeness (QED) is 0.471. The van der Waals surface area contributed by atoms with E-state index in [0.717, 1.165) is 14.8 Å². The standard InChI is InChI=1S/C18H13NS3/c20-17-16(22-18(21)19-17)12-15-10-8-14(9-11-15)7-6-13-4-2-1-3-5-13/h1-12H,(H,19,20,21). The van der Waals surface area contributed by atoms with Gasteiger partial charge in [-0.3, -0.25) is 0 Å². The van der Waals surface area contributed by atoms with Gasteiger partial charge in [-0.25, -0.2) is 0 Å². The highest BCUT2D eigenvalue weighted by Crippen LogP contribution is 2.26. The summed E-state index contributed by atoms with van der Waals surface area (Å²) in [5.41, 5.74) is 3.48. The second kappa shape index (κ2) is 7.01. The number of hydrogen-bond donors (Lipinski definition) is 1.